The van der Waals surface area contributed by atoms with E-state index in [0.717, 1.165) is 19.2 Å². The molecule has 1 fully saturated rings. The number of esters is 1. The zero-order chi connectivity index (χ0) is 28.3. The molecule has 14 nitrogen and oxygen atoms in total. The molecule has 2 heterocycles. The summed E-state index contributed by atoms with van der Waals surface area (Å²) in [6.07, 6.45) is -2.87. The van der Waals surface area contributed by atoms with Crippen LogP contribution in [0.3, 0.4) is 0 Å². The molecule has 15 heteroatoms. The highest BCUT2D eigenvalue weighted by atomic mass is 31.2. The van der Waals surface area contributed by atoms with Crippen LogP contribution in [0.5, 0.6) is 5.75 Å². The number of ether oxygens (including phenoxy) is 2. The van der Waals surface area contributed by atoms with Crippen molar-refractivity contribution in [2.75, 3.05) is 6.61 Å². The third-order valence-electron chi connectivity index (χ3n) is 5.69. The summed E-state index contributed by atoms with van der Waals surface area (Å²) in [6.45, 7) is 4.99. The van der Waals surface area contributed by atoms with E-state index in [-0.39, 0.29) is 5.75 Å². The van der Waals surface area contributed by atoms with Crippen LogP contribution >= 0.6 is 7.75 Å². The summed E-state index contributed by atoms with van der Waals surface area (Å²) < 4.78 is 36.1. The first-order chi connectivity index (χ1) is 17.7. The highest BCUT2D eigenvalue weighted by molar-refractivity contribution is 7.52. The molecule has 3 rings (SSSR count). The quantitative estimate of drug-likeness (QED) is 0.233. The minimum atomic E-state index is -4.38. The van der Waals surface area contributed by atoms with Crippen molar-refractivity contribution in [2.24, 2.45) is 0 Å². The summed E-state index contributed by atoms with van der Waals surface area (Å²) in [4.78, 5) is 38.2. The zero-order valence-corrected chi connectivity index (χ0v) is 22.0. The van der Waals surface area contributed by atoms with Crippen LogP contribution in [-0.4, -0.2) is 62.3 Å². The second-order valence-electron chi connectivity index (χ2n) is 9.02. The van der Waals surface area contributed by atoms with Crippen molar-refractivity contribution in [1.29, 1.82) is 5.26 Å². The number of rotatable bonds is 10. The van der Waals surface area contributed by atoms with E-state index >= 15 is 0 Å². The van der Waals surface area contributed by atoms with E-state index in [4.69, 9.17) is 18.5 Å². The highest BCUT2D eigenvalue weighted by Gasteiger charge is 2.65. The molecule has 0 aliphatic carbocycles. The fourth-order valence-electron chi connectivity index (χ4n) is 3.76. The average Bonchev–Trinajstić information content (AvgIpc) is 3.03. The lowest BCUT2D eigenvalue weighted by Gasteiger charge is -2.34. The molecule has 6 atom stereocenters. The van der Waals surface area contributed by atoms with Crippen LogP contribution in [0.1, 0.15) is 27.7 Å². The van der Waals surface area contributed by atoms with Crippen LogP contribution in [0.15, 0.2) is 52.2 Å². The van der Waals surface area contributed by atoms with E-state index in [0.29, 0.717) is 4.57 Å². The van der Waals surface area contributed by atoms with Crippen molar-refractivity contribution in [1.82, 2.24) is 14.6 Å². The van der Waals surface area contributed by atoms with Crippen molar-refractivity contribution in [3.63, 3.8) is 0 Å². The predicted octanol–water partition coefficient (Wildman–Crippen LogP) is 0.357. The van der Waals surface area contributed by atoms with Gasteiger partial charge in [-0.15, -0.1) is 0 Å². The summed E-state index contributed by atoms with van der Waals surface area (Å²) in [6, 6.07) is 9.36. The summed E-state index contributed by atoms with van der Waals surface area (Å²) in [5, 5.41) is 34.3. The molecule has 1 saturated heterocycles. The maximum Gasteiger partial charge on any atom is 0.459 e. The summed E-state index contributed by atoms with van der Waals surface area (Å²) in [5.74, 6) is -0.611. The van der Waals surface area contributed by atoms with Gasteiger partial charge < -0.3 is 24.2 Å². The molecule has 0 saturated carbocycles. The largest absolute Gasteiger partial charge is 0.462 e. The van der Waals surface area contributed by atoms with Gasteiger partial charge in [-0.2, -0.15) is 10.3 Å². The summed E-state index contributed by atoms with van der Waals surface area (Å²) >= 11 is 0. The Morgan fingerprint density at radius 3 is 2.53 bits per heavy atom. The number of H-pyrrole nitrogens is 1. The van der Waals surface area contributed by atoms with E-state index in [2.05, 4.69) is 5.09 Å². The van der Waals surface area contributed by atoms with Gasteiger partial charge in [-0.05, 0) is 39.8 Å². The standard InChI is InChI=1S/C23H29N4O10P/c1-14(2)35-20(30)15(3)26-38(33,37-16-8-6-5-7-9-16)34-12-17-19(29)22(4,32)23(13-24,36-17)27-11-10-18(28)25-21(27)31/h5-11,14-15,17,19,29,32H,12H2,1-4H3,(H,26,33)(H,25,28,31). The lowest BCUT2D eigenvalue weighted by molar-refractivity contribution is -0.151. The van der Waals surface area contributed by atoms with Crippen LogP contribution in [-0.2, 0) is 29.1 Å². The van der Waals surface area contributed by atoms with Gasteiger partial charge >= 0.3 is 19.4 Å². The number of carbonyl (C=O) groups is 1. The molecule has 1 aliphatic heterocycles. The molecule has 1 aliphatic rings. The molecule has 0 amide bonds. The van der Waals surface area contributed by atoms with E-state index in [1.54, 1.807) is 38.1 Å². The maximum absolute atomic E-state index is 13.7. The predicted molar refractivity (Wildman–Crippen MR) is 131 cm³/mol. The van der Waals surface area contributed by atoms with Crippen molar-refractivity contribution in [3.8, 4) is 11.8 Å². The highest BCUT2D eigenvalue weighted by Crippen LogP contribution is 2.48. The minimum Gasteiger partial charge on any atom is -0.462 e. The smallest absolute Gasteiger partial charge is 0.459 e. The van der Waals surface area contributed by atoms with Crippen LogP contribution in [0, 0.1) is 11.3 Å². The first-order valence-electron chi connectivity index (χ1n) is 11.5. The number of para-hydroxylation sites is 1. The topological polar surface area (TPSA) is 202 Å². The van der Waals surface area contributed by atoms with Gasteiger partial charge in [-0.25, -0.2) is 9.36 Å². The molecule has 2 aromatic rings. The SMILES string of the molecule is CC(C)OC(=O)C(C)NP(=O)(OCC1OC(C#N)(n2ccc(=O)[nH]c2=O)C(C)(O)C1O)Oc1ccccc1. The number of aliphatic hydroxyl groups excluding tert-OH is 1. The Morgan fingerprint density at radius 2 is 1.95 bits per heavy atom. The molecule has 0 radical (unpaired) electrons. The van der Waals surface area contributed by atoms with Crippen molar-refractivity contribution < 1.29 is 38.1 Å². The van der Waals surface area contributed by atoms with Crippen LogP contribution in [0.25, 0.3) is 0 Å². The third kappa shape index (κ3) is 5.88. The Morgan fingerprint density at radius 1 is 1.29 bits per heavy atom. The Hall–Kier alpha value is -3.31. The molecule has 1 aromatic heterocycles. The molecular weight excluding hydrogens is 523 g/mol. The molecule has 4 N–H and O–H groups in total. The number of hydrogen-bond donors (Lipinski definition) is 4. The minimum absolute atomic E-state index is 0.124. The normalized spacial score (nSPS) is 27.3. The van der Waals surface area contributed by atoms with Gasteiger partial charge in [0.15, 0.2) is 5.60 Å². The number of benzene rings is 1. The summed E-state index contributed by atoms with van der Waals surface area (Å²) in [5.41, 5.74) is -6.73. The number of aliphatic hydroxyl groups is 2. The number of carbonyl (C=O) groups excluding carboxylic acids is 1. The van der Waals surface area contributed by atoms with Crippen LogP contribution in [0.4, 0.5) is 0 Å². The van der Waals surface area contributed by atoms with Crippen molar-refractivity contribution in [2.45, 2.75) is 63.4 Å². The summed E-state index contributed by atoms with van der Waals surface area (Å²) in [7, 11) is -4.38. The van der Waals surface area contributed by atoms with Crippen LogP contribution < -0.4 is 20.9 Å². The number of aromatic nitrogens is 2. The Bertz CT molecular complexity index is 1350. The van der Waals surface area contributed by atoms with Gasteiger partial charge in [0.2, 0.25) is 0 Å². The van der Waals surface area contributed by atoms with Crippen molar-refractivity contribution >= 4 is 13.7 Å². The lowest BCUT2D eigenvalue weighted by atomic mass is 9.88. The van der Waals surface area contributed by atoms with Gasteiger partial charge in [0.25, 0.3) is 11.3 Å². The van der Waals surface area contributed by atoms with E-state index in [9.17, 15) is 34.4 Å². The molecule has 206 valence electrons. The zero-order valence-electron chi connectivity index (χ0n) is 21.1. The fraction of sp³-hybridized carbons (Fsp3) is 0.478. The maximum atomic E-state index is 13.7. The van der Waals surface area contributed by atoms with Gasteiger partial charge in [0, 0.05) is 12.3 Å². The first kappa shape index (κ1) is 29.2. The number of nitrogens with zero attached hydrogens (tertiary/aromatic N) is 2. The Balaban J connectivity index is 1.89. The lowest BCUT2D eigenvalue weighted by Crippen LogP contribution is -2.58. The Kier molecular flexibility index (Phi) is 8.62. The third-order valence-corrected chi connectivity index (χ3v) is 7.33. The number of nitriles is 1. The Labute approximate surface area is 217 Å². The van der Waals surface area contributed by atoms with Crippen LogP contribution in [0.2, 0.25) is 0 Å². The number of aromatic amines is 1. The molecule has 0 bridgehead atoms. The van der Waals surface area contributed by atoms with E-state index in [1.165, 1.54) is 19.1 Å². The van der Waals surface area contributed by atoms with E-state index in [1.807, 2.05) is 4.98 Å². The van der Waals surface area contributed by atoms with Crippen molar-refractivity contribution in [3.05, 3.63) is 63.4 Å². The molecule has 6 unspecified atom stereocenters. The van der Waals surface area contributed by atoms with Gasteiger partial charge in [0.1, 0.15) is 30.1 Å². The number of nitrogens with one attached hydrogen (secondary N) is 2. The molecule has 1 aromatic carbocycles. The first-order valence-corrected chi connectivity index (χ1v) is 13.1. The monoisotopic (exact) mass is 552 g/mol. The van der Waals surface area contributed by atoms with Gasteiger partial charge in [-0.1, -0.05) is 18.2 Å². The van der Waals surface area contributed by atoms with E-state index < -0.39 is 67.3 Å². The second kappa shape index (κ2) is 11.2. The second-order valence-corrected chi connectivity index (χ2v) is 10.7. The molecule has 0 spiro atoms. The fourth-order valence-corrected chi connectivity index (χ4v) is 5.26. The van der Waals surface area contributed by atoms with Gasteiger partial charge in [0.05, 0.1) is 12.7 Å². The van der Waals surface area contributed by atoms with Gasteiger partial charge in [-0.3, -0.25) is 23.7 Å². The average molecular weight is 552 g/mol. The molecule has 38 heavy (non-hydrogen) atoms. The number of hydrogen-bond acceptors (Lipinski definition) is 11. The molecular formula is C23H29N4O10P.